The standard InChI is InChI=1S/C28H27NO4/c1-3-29(28(26(30)31)15-14-19-13-12-18(2)16-25(19)28)27(32)33-17-24-22-10-6-4-8-20(22)21-9-5-7-11-23(21)24/h4-13,16,24H,3,14-15,17H2,1-2H3,(H,30,31). The summed E-state index contributed by atoms with van der Waals surface area (Å²) in [7, 11) is 0. The Kier molecular flexibility index (Phi) is 5.20. The van der Waals surface area contributed by atoms with Gasteiger partial charge in [-0.2, -0.15) is 0 Å². The van der Waals surface area contributed by atoms with Crippen LogP contribution >= 0.6 is 0 Å². The minimum Gasteiger partial charge on any atom is -0.479 e. The number of carboxylic acids is 1. The normalized spacial score (nSPS) is 18.4. The fourth-order valence-corrected chi connectivity index (χ4v) is 5.59. The number of carbonyl (C=O) groups is 2. The van der Waals surface area contributed by atoms with Crippen LogP contribution in [-0.2, 0) is 21.5 Å². The Bertz CT molecular complexity index is 1200. The summed E-state index contributed by atoms with van der Waals surface area (Å²) in [6.45, 7) is 4.16. The van der Waals surface area contributed by atoms with E-state index in [0.29, 0.717) is 18.4 Å². The summed E-state index contributed by atoms with van der Waals surface area (Å²) in [4.78, 5) is 27.4. The number of likely N-dealkylation sites (N-methyl/N-ethyl adjacent to an activating group) is 1. The highest BCUT2D eigenvalue weighted by atomic mass is 16.6. The van der Waals surface area contributed by atoms with Crippen molar-refractivity contribution in [2.45, 2.75) is 38.1 Å². The van der Waals surface area contributed by atoms with Crippen molar-refractivity contribution >= 4 is 12.1 Å². The third-order valence-electron chi connectivity index (χ3n) is 7.15. The van der Waals surface area contributed by atoms with Gasteiger partial charge < -0.3 is 9.84 Å². The Morgan fingerprint density at radius 3 is 2.27 bits per heavy atom. The van der Waals surface area contributed by atoms with Crippen LogP contribution in [0.4, 0.5) is 4.79 Å². The van der Waals surface area contributed by atoms with Gasteiger partial charge in [-0.05, 0) is 60.1 Å². The van der Waals surface area contributed by atoms with Gasteiger partial charge in [0.15, 0.2) is 5.54 Å². The summed E-state index contributed by atoms with van der Waals surface area (Å²) in [6, 6.07) is 22.2. The molecule has 0 fully saturated rings. The molecule has 0 heterocycles. The number of hydrogen-bond acceptors (Lipinski definition) is 3. The Morgan fingerprint density at radius 2 is 1.67 bits per heavy atom. The lowest BCUT2D eigenvalue weighted by Gasteiger charge is -2.37. The number of ether oxygens (including phenoxy) is 1. The molecule has 1 atom stereocenters. The lowest BCUT2D eigenvalue weighted by atomic mass is 9.89. The second kappa shape index (κ2) is 8.07. The number of nitrogens with zero attached hydrogens (tertiary/aromatic N) is 1. The van der Waals surface area contributed by atoms with Crippen LogP contribution in [0, 0.1) is 6.92 Å². The monoisotopic (exact) mass is 441 g/mol. The average Bonchev–Trinajstić information content (AvgIpc) is 3.35. The first-order valence-electron chi connectivity index (χ1n) is 11.4. The lowest BCUT2D eigenvalue weighted by molar-refractivity contribution is -0.151. The molecule has 0 aromatic heterocycles. The summed E-state index contributed by atoms with van der Waals surface area (Å²) in [5.41, 5.74) is 5.82. The van der Waals surface area contributed by atoms with Crippen LogP contribution in [0.5, 0.6) is 0 Å². The van der Waals surface area contributed by atoms with Crippen molar-refractivity contribution in [2.24, 2.45) is 0 Å². The molecule has 0 saturated carbocycles. The predicted octanol–water partition coefficient (Wildman–Crippen LogP) is 5.49. The van der Waals surface area contributed by atoms with Crippen molar-refractivity contribution in [1.29, 1.82) is 0 Å². The van der Waals surface area contributed by atoms with E-state index in [1.807, 2.05) is 49.4 Å². The molecular formula is C28H27NO4. The number of hydrogen-bond donors (Lipinski definition) is 1. The van der Waals surface area contributed by atoms with Crippen molar-refractivity contribution < 1.29 is 19.4 Å². The number of aliphatic carboxylic acids is 1. The molecule has 0 bridgehead atoms. The van der Waals surface area contributed by atoms with Gasteiger partial charge in [0.05, 0.1) is 0 Å². The quantitative estimate of drug-likeness (QED) is 0.568. The molecule has 1 amide bonds. The zero-order valence-corrected chi connectivity index (χ0v) is 18.9. The smallest absolute Gasteiger partial charge is 0.411 e. The zero-order chi connectivity index (χ0) is 23.2. The van der Waals surface area contributed by atoms with Gasteiger partial charge >= 0.3 is 12.1 Å². The Hall–Kier alpha value is -3.60. The Balaban J connectivity index is 1.44. The van der Waals surface area contributed by atoms with E-state index in [1.54, 1.807) is 6.92 Å². The lowest BCUT2D eigenvalue weighted by Crippen LogP contribution is -2.53. The van der Waals surface area contributed by atoms with Gasteiger partial charge in [-0.15, -0.1) is 0 Å². The van der Waals surface area contributed by atoms with E-state index in [9.17, 15) is 14.7 Å². The first-order chi connectivity index (χ1) is 16.0. The van der Waals surface area contributed by atoms with Gasteiger partial charge in [0.2, 0.25) is 0 Å². The summed E-state index contributed by atoms with van der Waals surface area (Å²) >= 11 is 0. The maximum absolute atomic E-state index is 13.4. The molecule has 1 N–H and O–H groups in total. The van der Waals surface area contributed by atoms with Crippen molar-refractivity contribution in [2.75, 3.05) is 13.2 Å². The summed E-state index contributed by atoms with van der Waals surface area (Å²) in [6.07, 6.45) is 0.380. The van der Waals surface area contributed by atoms with Crippen LogP contribution in [0.15, 0.2) is 66.7 Å². The first-order valence-corrected chi connectivity index (χ1v) is 11.4. The first kappa shape index (κ1) is 21.3. The number of amides is 1. The van der Waals surface area contributed by atoms with Crippen molar-refractivity contribution in [1.82, 2.24) is 4.90 Å². The molecule has 0 aliphatic heterocycles. The molecule has 5 rings (SSSR count). The maximum atomic E-state index is 13.4. The highest BCUT2D eigenvalue weighted by Gasteiger charge is 2.52. The van der Waals surface area contributed by atoms with E-state index in [2.05, 4.69) is 24.3 Å². The van der Waals surface area contributed by atoms with Crippen LogP contribution in [-0.4, -0.2) is 35.2 Å². The molecule has 5 nitrogen and oxygen atoms in total. The summed E-state index contributed by atoms with van der Waals surface area (Å²) in [5.74, 6) is -1.08. The average molecular weight is 442 g/mol. The van der Waals surface area contributed by atoms with Crippen LogP contribution in [0.1, 0.15) is 47.1 Å². The second-order valence-corrected chi connectivity index (χ2v) is 8.87. The third-order valence-corrected chi connectivity index (χ3v) is 7.15. The largest absolute Gasteiger partial charge is 0.479 e. The van der Waals surface area contributed by atoms with Crippen LogP contribution in [0.25, 0.3) is 11.1 Å². The fraction of sp³-hybridized carbons (Fsp3) is 0.286. The molecule has 168 valence electrons. The number of benzene rings is 3. The number of rotatable bonds is 5. The number of carboxylic acid groups (broad SMARTS) is 1. The summed E-state index contributed by atoms with van der Waals surface area (Å²) in [5, 5.41) is 10.3. The second-order valence-electron chi connectivity index (χ2n) is 8.87. The highest BCUT2D eigenvalue weighted by molar-refractivity contribution is 5.87. The molecule has 33 heavy (non-hydrogen) atoms. The van der Waals surface area contributed by atoms with Crippen LogP contribution in [0.3, 0.4) is 0 Å². The number of carbonyl (C=O) groups excluding carboxylic acids is 1. The molecule has 2 aliphatic carbocycles. The van der Waals surface area contributed by atoms with Gasteiger partial charge in [0.1, 0.15) is 6.61 Å². The topological polar surface area (TPSA) is 66.8 Å². The molecule has 1 unspecified atom stereocenters. The fourth-order valence-electron chi connectivity index (χ4n) is 5.59. The minimum absolute atomic E-state index is 0.0704. The predicted molar refractivity (Wildman–Crippen MR) is 126 cm³/mol. The van der Waals surface area contributed by atoms with Gasteiger partial charge in [0, 0.05) is 12.5 Å². The van der Waals surface area contributed by atoms with Gasteiger partial charge in [-0.25, -0.2) is 9.59 Å². The van der Waals surface area contributed by atoms with Crippen molar-refractivity contribution in [3.63, 3.8) is 0 Å². The highest BCUT2D eigenvalue weighted by Crippen LogP contribution is 2.46. The Morgan fingerprint density at radius 1 is 1.03 bits per heavy atom. The van der Waals surface area contributed by atoms with Gasteiger partial charge in [-0.3, -0.25) is 4.90 Å². The third kappa shape index (κ3) is 3.22. The van der Waals surface area contributed by atoms with Crippen LogP contribution in [0.2, 0.25) is 0 Å². The summed E-state index contributed by atoms with van der Waals surface area (Å²) < 4.78 is 5.85. The molecule has 0 radical (unpaired) electrons. The molecule has 0 spiro atoms. The van der Waals surface area contributed by atoms with E-state index in [4.69, 9.17) is 4.74 Å². The number of aryl methyl sites for hydroxylation is 2. The maximum Gasteiger partial charge on any atom is 0.411 e. The molecular weight excluding hydrogens is 414 g/mol. The minimum atomic E-state index is -1.40. The molecule has 0 saturated heterocycles. The van der Waals surface area contributed by atoms with Crippen molar-refractivity contribution in [3.8, 4) is 11.1 Å². The van der Waals surface area contributed by atoms with E-state index in [-0.39, 0.29) is 19.1 Å². The SMILES string of the molecule is CCN(C(=O)OCC1c2ccccc2-c2ccccc21)C1(C(=O)O)CCc2ccc(C)cc21. The zero-order valence-electron chi connectivity index (χ0n) is 18.9. The van der Waals surface area contributed by atoms with E-state index < -0.39 is 17.6 Å². The molecule has 2 aliphatic rings. The molecule has 3 aromatic rings. The van der Waals surface area contributed by atoms with E-state index in [0.717, 1.165) is 33.4 Å². The number of fused-ring (bicyclic) bond motifs is 4. The van der Waals surface area contributed by atoms with Crippen molar-refractivity contribution in [3.05, 3.63) is 94.5 Å². The molecule has 5 heteroatoms. The van der Waals surface area contributed by atoms with Gasteiger partial charge in [0.25, 0.3) is 0 Å². The van der Waals surface area contributed by atoms with E-state index >= 15 is 0 Å². The Labute approximate surface area is 193 Å². The van der Waals surface area contributed by atoms with Gasteiger partial charge in [-0.1, -0.05) is 72.3 Å². The van der Waals surface area contributed by atoms with E-state index in [1.165, 1.54) is 4.90 Å². The molecule has 3 aromatic carbocycles. The van der Waals surface area contributed by atoms with Crippen LogP contribution < -0.4 is 0 Å².